The summed E-state index contributed by atoms with van der Waals surface area (Å²) < 4.78 is 0. The van der Waals surface area contributed by atoms with Crippen molar-refractivity contribution in [3.8, 4) is 0 Å². The van der Waals surface area contributed by atoms with E-state index in [1.54, 1.807) is 4.90 Å². The number of nitrogens with zero attached hydrogens (tertiary/aromatic N) is 2. The number of amidine groups is 1. The van der Waals surface area contributed by atoms with E-state index < -0.39 is 0 Å². The summed E-state index contributed by atoms with van der Waals surface area (Å²) in [5.41, 5.74) is 2.11. The van der Waals surface area contributed by atoms with Gasteiger partial charge in [-0.15, -0.1) is 0 Å². The van der Waals surface area contributed by atoms with E-state index in [0.717, 1.165) is 24.4 Å². The van der Waals surface area contributed by atoms with Gasteiger partial charge in [0.25, 0.3) is 0 Å². The van der Waals surface area contributed by atoms with Gasteiger partial charge in [-0.1, -0.05) is 39.0 Å². The molecule has 0 aromatic heterocycles. The van der Waals surface area contributed by atoms with Crippen LogP contribution >= 0.6 is 0 Å². The van der Waals surface area contributed by atoms with Gasteiger partial charge in [-0.2, -0.15) is 0 Å². The minimum atomic E-state index is 0.378. The molecular weight excluding hydrogens is 224 g/mol. The molecule has 0 fully saturated rings. The molecule has 0 aliphatic heterocycles. The summed E-state index contributed by atoms with van der Waals surface area (Å²) in [6.45, 7) is 8.95. The molecular formula is C15H22N2O. The van der Waals surface area contributed by atoms with Crippen LogP contribution in [0.3, 0.4) is 0 Å². The van der Waals surface area contributed by atoms with Gasteiger partial charge in [0.1, 0.15) is 5.84 Å². The first-order chi connectivity index (χ1) is 8.65. The topological polar surface area (TPSA) is 32.7 Å². The van der Waals surface area contributed by atoms with Gasteiger partial charge < -0.3 is 0 Å². The highest BCUT2D eigenvalue weighted by Crippen LogP contribution is 2.27. The Bertz CT molecular complexity index is 424. The van der Waals surface area contributed by atoms with Gasteiger partial charge in [0, 0.05) is 13.0 Å². The Labute approximate surface area is 110 Å². The molecule has 0 atom stereocenters. The number of hydrogen-bond donors (Lipinski definition) is 0. The van der Waals surface area contributed by atoms with E-state index in [4.69, 9.17) is 0 Å². The highest BCUT2D eigenvalue weighted by molar-refractivity contribution is 6.10. The van der Waals surface area contributed by atoms with Crippen molar-refractivity contribution >= 4 is 17.9 Å². The van der Waals surface area contributed by atoms with Gasteiger partial charge in [-0.3, -0.25) is 14.7 Å². The number of aliphatic imine (C=N–C) groups is 1. The monoisotopic (exact) mass is 246 g/mol. The van der Waals surface area contributed by atoms with Crippen LogP contribution in [0.15, 0.2) is 29.3 Å². The van der Waals surface area contributed by atoms with E-state index >= 15 is 0 Å². The fourth-order valence-electron chi connectivity index (χ4n) is 1.99. The van der Waals surface area contributed by atoms with Crippen LogP contribution in [0.2, 0.25) is 0 Å². The summed E-state index contributed by atoms with van der Waals surface area (Å²) in [5.74, 6) is 1.20. The second-order valence-corrected chi connectivity index (χ2v) is 4.43. The second-order valence-electron chi connectivity index (χ2n) is 4.43. The molecule has 0 saturated carbocycles. The largest absolute Gasteiger partial charge is 0.278 e. The standard InChI is InChI=1S/C15H22N2O/c1-5-15(16-6-2)17(11-18)14-10-8-7-9-13(14)12(3)4/h7-12H,5-6H2,1-4H3. The second kappa shape index (κ2) is 6.94. The Morgan fingerprint density at radius 3 is 2.50 bits per heavy atom. The molecule has 1 amide bonds. The maximum absolute atomic E-state index is 11.4. The highest BCUT2D eigenvalue weighted by Gasteiger charge is 2.15. The summed E-state index contributed by atoms with van der Waals surface area (Å²) in [4.78, 5) is 17.5. The number of benzene rings is 1. The van der Waals surface area contributed by atoms with Crippen molar-refractivity contribution in [2.24, 2.45) is 4.99 Å². The number of carbonyl (C=O) groups is 1. The lowest BCUT2D eigenvalue weighted by molar-refractivity contribution is -0.106. The van der Waals surface area contributed by atoms with Gasteiger partial charge >= 0.3 is 0 Å². The van der Waals surface area contributed by atoms with Crippen molar-refractivity contribution in [1.29, 1.82) is 0 Å². The zero-order chi connectivity index (χ0) is 13.5. The maximum atomic E-state index is 11.4. The van der Waals surface area contributed by atoms with Gasteiger partial charge in [0.2, 0.25) is 6.41 Å². The van der Waals surface area contributed by atoms with E-state index in [2.05, 4.69) is 24.9 Å². The summed E-state index contributed by atoms with van der Waals surface area (Å²) in [7, 11) is 0. The van der Waals surface area contributed by atoms with Gasteiger partial charge in [-0.25, -0.2) is 0 Å². The van der Waals surface area contributed by atoms with Crippen LogP contribution in [0.5, 0.6) is 0 Å². The molecule has 1 rings (SSSR count). The summed E-state index contributed by atoms with van der Waals surface area (Å²) in [6.07, 6.45) is 1.61. The predicted molar refractivity (Wildman–Crippen MR) is 77.3 cm³/mol. The first-order valence-electron chi connectivity index (χ1n) is 6.52. The minimum Gasteiger partial charge on any atom is -0.278 e. The zero-order valence-corrected chi connectivity index (χ0v) is 11.7. The average Bonchev–Trinajstić information content (AvgIpc) is 2.39. The summed E-state index contributed by atoms with van der Waals surface area (Å²) in [6, 6.07) is 8.00. The van der Waals surface area contributed by atoms with Crippen molar-refractivity contribution in [1.82, 2.24) is 0 Å². The first kappa shape index (κ1) is 14.4. The fourth-order valence-corrected chi connectivity index (χ4v) is 1.99. The third-order valence-corrected chi connectivity index (χ3v) is 2.86. The van der Waals surface area contributed by atoms with Crippen molar-refractivity contribution in [2.45, 2.75) is 40.0 Å². The quantitative estimate of drug-likeness (QED) is 0.444. The van der Waals surface area contributed by atoms with Crippen LogP contribution in [-0.4, -0.2) is 18.8 Å². The molecule has 0 saturated heterocycles. The lowest BCUT2D eigenvalue weighted by Crippen LogP contribution is -2.30. The van der Waals surface area contributed by atoms with E-state index in [1.165, 1.54) is 5.56 Å². The van der Waals surface area contributed by atoms with Crippen LogP contribution < -0.4 is 4.90 Å². The van der Waals surface area contributed by atoms with Crippen molar-refractivity contribution in [3.63, 3.8) is 0 Å². The predicted octanol–water partition coefficient (Wildman–Crippen LogP) is 3.60. The van der Waals surface area contributed by atoms with Gasteiger partial charge in [0.05, 0.1) is 5.69 Å². The molecule has 0 radical (unpaired) electrons. The normalized spacial score (nSPS) is 11.7. The third-order valence-electron chi connectivity index (χ3n) is 2.86. The molecule has 0 bridgehead atoms. The average molecular weight is 246 g/mol. The maximum Gasteiger partial charge on any atom is 0.219 e. The van der Waals surface area contributed by atoms with E-state index in [1.807, 2.05) is 32.0 Å². The highest BCUT2D eigenvalue weighted by atomic mass is 16.1. The molecule has 98 valence electrons. The number of anilines is 1. The molecule has 18 heavy (non-hydrogen) atoms. The van der Waals surface area contributed by atoms with Crippen LogP contribution in [0.1, 0.15) is 45.6 Å². The minimum absolute atomic E-state index is 0.378. The van der Waals surface area contributed by atoms with Crippen LogP contribution in [0.4, 0.5) is 5.69 Å². The molecule has 0 N–H and O–H groups in total. The van der Waals surface area contributed by atoms with Crippen LogP contribution in [0.25, 0.3) is 0 Å². The molecule has 1 aromatic carbocycles. The molecule has 0 aliphatic rings. The third kappa shape index (κ3) is 3.19. The number of carbonyl (C=O) groups excluding carboxylic acids is 1. The Hall–Kier alpha value is -1.64. The molecule has 1 aromatic rings. The van der Waals surface area contributed by atoms with E-state index in [9.17, 15) is 4.79 Å². The smallest absolute Gasteiger partial charge is 0.219 e. The van der Waals surface area contributed by atoms with Crippen molar-refractivity contribution in [3.05, 3.63) is 29.8 Å². The van der Waals surface area contributed by atoms with Crippen LogP contribution in [-0.2, 0) is 4.79 Å². The van der Waals surface area contributed by atoms with Crippen molar-refractivity contribution in [2.75, 3.05) is 11.4 Å². The van der Waals surface area contributed by atoms with Gasteiger partial charge in [0.15, 0.2) is 0 Å². The number of rotatable bonds is 5. The van der Waals surface area contributed by atoms with Gasteiger partial charge in [-0.05, 0) is 24.5 Å². The van der Waals surface area contributed by atoms with Crippen molar-refractivity contribution < 1.29 is 4.79 Å². The molecule has 3 heteroatoms. The Kier molecular flexibility index (Phi) is 5.56. The molecule has 0 heterocycles. The van der Waals surface area contributed by atoms with E-state index in [-0.39, 0.29) is 0 Å². The molecule has 3 nitrogen and oxygen atoms in total. The lowest BCUT2D eigenvalue weighted by atomic mass is 10.0. The number of hydrogen-bond acceptors (Lipinski definition) is 2. The SMILES string of the molecule is CCN=C(CC)N(C=O)c1ccccc1C(C)C. The molecule has 0 spiro atoms. The molecule has 0 aliphatic carbocycles. The zero-order valence-electron chi connectivity index (χ0n) is 11.7. The lowest BCUT2D eigenvalue weighted by Gasteiger charge is -2.23. The Balaban J connectivity index is 3.24. The molecule has 0 unspecified atom stereocenters. The van der Waals surface area contributed by atoms with Crippen LogP contribution in [0, 0.1) is 0 Å². The Morgan fingerprint density at radius 1 is 1.33 bits per heavy atom. The number of para-hydroxylation sites is 1. The Morgan fingerprint density at radius 2 is 2.00 bits per heavy atom. The van der Waals surface area contributed by atoms with E-state index in [0.29, 0.717) is 12.5 Å². The summed E-state index contributed by atoms with van der Waals surface area (Å²) in [5, 5.41) is 0. The first-order valence-corrected chi connectivity index (χ1v) is 6.52. The fraction of sp³-hybridized carbons (Fsp3) is 0.467. The summed E-state index contributed by atoms with van der Waals surface area (Å²) >= 11 is 0. The number of amides is 1.